The summed E-state index contributed by atoms with van der Waals surface area (Å²) in [5.41, 5.74) is 1.84. The quantitative estimate of drug-likeness (QED) is 0.195. The van der Waals surface area contributed by atoms with Crippen molar-refractivity contribution < 1.29 is 27.9 Å². The van der Waals surface area contributed by atoms with Gasteiger partial charge < -0.3 is 20.5 Å². The van der Waals surface area contributed by atoms with Crippen LogP contribution in [-0.4, -0.2) is 55.6 Å². The van der Waals surface area contributed by atoms with Gasteiger partial charge in [0.05, 0.1) is 17.9 Å². The number of aromatic nitrogens is 2. The number of ether oxygens (including phenoxy) is 1. The van der Waals surface area contributed by atoms with Crippen molar-refractivity contribution in [3.05, 3.63) is 59.0 Å². The van der Waals surface area contributed by atoms with Crippen LogP contribution in [0.1, 0.15) is 49.1 Å². The first-order valence-electron chi connectivity index (χ1n) is 13.6. The number of carbonyl (C=O) groups excluding carboxylic acids is 1. The molecule has 0 aliphatic heterocycles. The summed E-state index contributed by atoms with van der Waals surface area (Å²) in [5, 5.41) is 17.2. The molecule has 10 nitrogen and oxygen atoms in total. The molecule has 2 atom stereocenters. The molecule has 1 aliphatic rings. The average Bonchev–Trinajstić information content (AvgIpc) is 3.75. The van der Waals surface area contributed by atoms with Gasteiger partial charge in [-0.3, -0.25) is 9.59 Å². The third-order valence-electron chi connectivity index (χ3n) is 7.64. The average molecular weight is 629 g/mol. The fourth-order valence-corrected chi connectivity index (χ4v) is 9.02. The van der Waals surface area contributed by atoms with Gasteiger partial charge in [-0.2, -0.15) is 0 Å². The summed E-state index contributed by atoms with van der Waals surface area (Å²) in [5.74, 6) is -0.852. The van der Waals surface area contributed by atoms with Crippen LogP contribution in [0.5, 0.6) is 5.88 Å². The first-order chi connectivity index (χ1) is 20.2. The van der Waals surface area contributed by atoms with Crippen molar-refractivity contribution in [2.45, 2.75) is 59.6 Å². The molecule has 3 heterocycles. The highest BCUT2D eigenvalue weighted by atomic mass is 32.2. The molecule has 4 aromatic rings. The minimum absolute atomic E-state index is 0.0414. The van der Waals surface area contributed by atoms with Crippen molar-refractivity contribution in [1.29, 1.82) is 0 Å². The summed E-state index contributed by atoms with van der Waals surface area (Å²) in [6.07, 6.45) is 5.10. The summed E-state index contributed by atoms with van der Waals surface area (Å²) in [4.78, 5) is 34.8. The lowest BCUT2D eigenvalue weighted by Crippen LogP contribution is -2.35. The molecule has 42 heavy (non-hydrogen) atoms. The van der Waals surface area contributed by atoms with E-state index in [0.717, 1.165) is 42.6 Å². The predicted molar refractivity (Wildman–Crippen MR) is 162 cm³/mol. The second kappa shape index (κ2) is 12.9. The molecule has 0 bridgehead atoms. The number of nitrogens with one attached hydrogen (secondary N) is 2. The summed E-state index contributed by atoms with van der Waals surface area (Å²) < 4.78 is 32.4. The number of methoxy groups -OCH3 is 1. The first-order valence-corrected chi connectivity index (χ1v) is 16.8. The Morgan fingerprint density at radius 1 is 1.10 bits per heavy atom. The van der Waals surface area contributed by atoms with Crippen LogP contribution in [-0.2, 0) is 25.8 Å². The Bertz CT molecular complexity index is 1680. The van der Waals surface area contributed by atoms with Crippen molar-refractivity contribution >= 4 is 59.9 Å². The maximum atomic E-state index is 13.6. The highest BCUT2D eigenvalue weighted by molar-refractivity contribution is 7.93. The van der Waals surface area contributed by atoms with E-state index in [-0.39, 0.29) is 21.4 Å². The van der Waals surface area contributed by atoms with Crippen molar-refractivity contribution in [2.75, 3.05) is 19.5 Å². The number of carboxylic acid groups (broad SMARTS) is 1. The number of hydrogen-bond donors (Lipinski definition) is 3. The zero-order chi connectivity index (χ0) is 29.9. The van der Waals surface area contributed by atoms with E-state index in [0.29, 0.717) is 39.3 Å². The SMILES string of the molecule is CNC(Cc1ccsc1S(=O)(=O)c1ccc(C(CC2CCCC2)C(=O)Nc2nc3ccc(OC)nc3s2)cc1)C(=O)O. The number of rotatable bonds is 12. The van der Waals surface area contributed by atoms with Gasteiger partial charge in [0, 0.05) is 12.5 Å². The van der Waals surface area contributed by atoms with E-state index in [9.17, 15) is 23.1 Å². The fourth-order valence-electron chi connectivity index (χ4n) is 5.36. The Kier molecular flexibility index (Phi) is 9.21. The first kappa shape index (κ1) is 30.1. The molecule has 1 saturated carbocycles. The maximum Gasteiger partial charge on any atom is 0.321 e. The van der Waals surface area contributed by atoms with Gasteiger partial charge in [0.1, 0.15) is 20.6 Å². The molecule has 1 aromatic carbocycles. The number of anilines is 1. The fraction of sp³-hybridized carbons (Fsp3) is 0.379. The van der Waals surface area contributed by atoms with Crippen molar-refractivity contribution in [3.63, 3.8) is 0 Å². The number of benzene rings is 1. The minimum atomic E-state index is -3.89. The molecule has 1 aliphatic carbocycles. The second-order valence-corrected chi connectivity index (χ2v) is 14.4. The van der Waals surface area contributed by atoms with Gasteiger partial charge in [-0.05, 0) is 60.2 Å². The van der Waals surface area contributed by atoms with Crippen LogP contribution in [0.4, 0.5) is 5.13 Å². The molecule has 5 rings (SSSR count). The summed E-state index contributed by atoms with van der Waals surface area (Å²) >= 11 is 2.34. The van der Waals surface area contributed by atoms with Gasteiger partial charge in [0.2, 0.25) is 21.6 Å². The summed E-state index contributed by atoms with van der Waals surface area (Å²) in [6, 6.07) is 10.7. The Labute approximate surface area is 252 Å². The second-order valence-electron chi connectivity index (χ2n) is 10.3. The molecule has 3 aromatic heterocycles. The van der Waals surface area contributed by atoms with E-state index in [1.807, 2.05) is 0 Å². The molecule has 13 heteroatoms. The van der Waals surface area contributed by atoms with Crippen LogP contribution in [0.3, 0.4) is 0 Å². The zero-order valence-electron chi connectivity index (χ0n) is 23.2. The van der Waals surface area contributed by atoms with Gasteiger partial charge in [-0.1, -0.05) is 49.2 Å². The third-order valence-corrected chi connectivity index (χ3v) is 11.9. The Morgan fingerprint density at radius 3 is 2.50 bits per heavy atom. The lowest BCUT2D eigenvalue weighted by molar-refractivity contribution is -0.139. The molecule has 222 valence electrons. The Balaban J connectivity index is 1.39. The number of carbonyl (C=O) groups is 2. The lowest BCUT2D eigenvalue weighted by atomic mass is 9.87. The van der Waals surface area contributed by atoms with Crippen LogP contribution in [0.15, 0.2) is 56.9 Å². The number of sulfone groups is 1. The van der Waals surface area contributed by atoms with Gasteiger partial charge in [0.15, 0.2) is 5.13 Å². The zero-order valence-corrected chi connectivity index (χ0v) is 25.7. The molecular weight excluding hydrogens is 597 g/mol. The van der Waals surface area contributed by atoms with E-state index < -0.39 is 27.8 Å². The number of pyridine rings is 1. The minimum Gasteiger partial charge on any atom is -0.481 e. The lowest BCUT2D eigenvalue weighted by Gasteiger charge is -2.20. The van der Waals surface area contributed by atoms with Crippen molar-refractivity contribution in [3.8, 4) is 5.88 Å². The Hall–Kier alpha value is -3.39. The highest BCUT2D eigenvalue weighted by Crippen LogP contribution is 2.37. The monoisotopic (exact) mass is 628 g/mol. The van der Waals surface area contributed by atoms with E-state index in [1.165, 1.54) is 30.5 Å². The molecule has 0 spiro atoms. The van der Waals surface area contributed by atoms with Crippen LogP contribution in [0, 0.1) is 5.92 Å². The Morgan fingerprint density at radius 2 is 1.83 bits per heavy atom. The summed E-state index contributed by atoms with van der Waals surface area (Å²) in [7, 11) is -0.818. The number of amides is 1. The largest absolute Gasteiger partial charge is 0.481 e. The molecular formula is C29H32N4O6S3. The standard InChI is InChI=1S/C29H32N4O6S3/c1-30-23(27(35)36)16-19-13-14-40-28(19)42(37,38)20-9-7-18(8-10-20)21(15-17-5-3-4-6-17)25(34)33-29-31-22-11-12-24(39-2)32-26(22)41-29/h7-14,17,21,23,30H,3-6,15-16H2,1-2H3,(H,35,36)(H,31,33,34). The van der Waals surface area contributed by atoms with E-state index in [1.54, 1.807) is 42.8 Å². The summed E-state index contributed by atoms with van der Waals surface area (Å²) in [6.45, 7) is 0. The van der Waals surface area contributed by atoms with E-state index >= 15 is 0 Å². The number of carboxylic acids is 1. The molecule has 1 fully saturated rings. The molecule has 0 saturated heterocycles. The smallest absolute Gasteiger partial charge is 0.321 e. The van der Waals surface area contributed by atoms with E-state index in [4.69, 9.17) is 4.74 Å². The molecule has 3 N–H and O–H groups in total. The number of thiazole rings is 1. The van der Waals surface area contributed by atoms with Crippen LogP contribution < -0.4 is 15.4 Å². The number of likely N-dealkylation sites (N-methyl/N-ethyl adjacent to an activating group) is 1. The topological polar surface area (TPSA) is 148 Å². The number of aliphatic carboxylic acids is 1. The number of hydrogen-bond acceptors (Lipinski definition) is 10. The highest BCUT2D eigenvalue weighted by Gasteiger charge is 2.30. The molecule has 2 unspecified atom stereocenters. The van der Waals surface area contributed by atoms with Gasteiger partial charge in [-0.25, -0.2) is 18.4 Å². The van der Waals surface area contributed by atoms with Gasteiger partial charge in [-0.15, -0.1) is 11.3 Å². The number of fused-ring (bicyclic) bond motifs is 1. The molecule has 1 amide bonds. The predicted octanol–water partition coefficient (Wildman–Crippen LogP) is 5.11. The van der Waals surface area contributed by atoms with Crippen molar-refractivity contribution in [1.82, 2.24) is 15.3 Å². The van der Waals surface area contributed by atoms with Crippen molar-refractivity contribution in [2.24, 2.45) is 5.92 Å². The van der Waals surface area contributed by atoms with Gasteiger partial charge in [0.25, 0.3) is 0 Å². The number of nitrogens with zero attached hydrogens (tertiary/aromatic N) is 2. The molecule has 0 radical (unpaired) electrons. The number of thiophene rings is 1. The normalized spacial score (nSPS) is 15.5. The van der Waals surface area contributed by atoms with Crippen LogP contribution >= 0.6 is 22.7 Å². The van der Waals surface area contributed by atoms with Crippen LogP contribution in [0.2, 0.25) is 0 Å². The van der Waals surface area contributed by atoms with E-state index in [2.05, 4.69) is 20.6 Å². The van der Waals surface area contributed by atoms with Crippen LogP contribution in [0.25, 0.3) is 10.3 Å². The third kappa shape index (κ3) is 6.48. The van der Waals surface area contributed by atoms with Gasteiger partial charge >= 0.3 is 5.97 Å². The maximum absolute atomic E-state index is 13.6.